The smallest absolute Gasteiger partial charge is 0.129 e. The van der Waals surface area contributed by atoms with Gasteiger partial charge in [0.15, 0.2) is 0 Å². The van der Waals surface area contributed by atoms with Crippen LogP contribution in [0.5, 0.6) is 0 Å². The molecule has 0 amide bonds. The van der Waals surface area contributed by atoms with E-state index in [4.69, 9.17) is 0 Å². The van der Waals surface area contributed by atoms with Crippen molar-refractivity contribution in [3.8, 4) is 0 Å². The normalized spacial score (nSPS) is 14.1. The van der Waals surface area contributed by atoms with Crippen LogP contribution in [0.1, 0.15) is 29.2 Å². The van der Waals surface area contributed by atoms with Gasteiger partial charge in [0, 0.05) is 12.0 Å². The summed E-state index contributed by atoms with van der Waals surface area (Å²) in [5.41, 5.74) is 1.03. The van der Waals surface area contributed by atoms with Crippen LogP contribution in [0.15, 0.2) is 36.4 Å². The van der Waals surface area contributed by atoms with Crippen molar-refractivity contribution in [2.45, 2.75) is 32.8 Å². The van der Waals surface area contributed by atoms with Crippen LogP contribution in [-0.2, 0) is 12.0 Å². The maximum absolute atomic E-state index is 14.2. The van der Waals surface area contributed by atoms with Crippen LogP contribution < -0.4 is 0 Å². The quantitative estimate of drug-likeness (QED) is 0.897. The van der Waals surface area contributed by atoms with E-state index in [9.17, 15) is 13.9 Å². The van der Waals surface area contributed by atoms with Gasteiger partial charge in [-0.1, -0.05) is 18.2 Å². The van der Waals surface area contributed by atoms with Gasteiger partial charge in [-0.05, 0) is 55.7 Å². The van der Waals surface area contributed by atoms with Crippen molar-refractivity contribution in [1.29, 1.82) is 0 Å². The lowest BCUT2D eigenvalue weighted by atomic mass is 9.85. The minimum atomic E-state index is -1.38. The molecule has 0 fully saturated rings. The number of hydrogen-bond acceptors (Lipinski definition) is 1. The van der Waals surface area contributed by atoms with Gasteiger partial charge in [-0.2, -0.15) is 0 Å². The molecular formula is C17H18F2O. The van der Waals surface area contributed by atoms with E-state index in [1.807, 2.05) is 6.07 Å². The summed E-state index contributed by atoms with van der Waals surface area (Å²) in [5.74, 6) is -0.789. The Labute approximate surface area is 117 Å². The third kappa shape index (κ3) is 3.05. The molecule has 0 aromatic heterocycles. The summed E-state index contributed by atoms with van der Waals surface area (Å²) in [6.07, 6.45) is 0.158. The first-order chi connectivity index (χ1) is 9.29. The fraction of sp³-hybridized carbons (Fsp3) is 0.294. The van der Waals surface area contributed by atoms with Crippen LogP contribution in [0.4, 0.5) is 8.78 Å². The zero-order valence-electron chi connectivity index (χ0n) is 11.9. The summed E-state index contributed by atoms with van der Waals surface area (Å²) in [6, 6.07) is 9.24. The second kappa shape index (κ2) is 5.33. The van der Waals surface area contributed by atoms with Crippen molar-refractivity contribution in [3.63, 3.8) is 0 Å². The summed E-state index contributed by atoms with van der Waals surface area (Å²) in [4.78, 5) is 0. The maximum Gasteiger partial charge on any atom is 0.129 e. The fourth-order valence-corrected chi connectivity index (χ4v) is 2.73. The Morgan fingerprint density at radius 3 is 2.40 bits per heavy atom. The molecule has 106 valence electrons. The number of aryl methyl sites for hydroxylation is 2. The van der Waals surface area contributed by atoms with E-state index in [-0.39, 0.29) is 17.8 Å². The number of aliphatic hydroxyl groups is 1. The Bertz CT molecular complexity index is 610. The Balaban J connectivity index is 2.40. The molecule has 0 bridgehead atoms. The maximum atomic E-state index is 14.2. The van der Waals surface area contributed by atoms with Gasteiger partial charge in [-0.25, -0.2) is 8.78 Å². The molecule has 1 atom stereocenters. The first-order valence-corrected chi connectivity index (χ1v) is 6.53. The van der Waals surface area contributed by atoms with Crippen LogP contribution in [0.25, 0.3) is 0 Å². The second-order valence-electron chi connectivity index (χ2n) is 5.52. The lowest BCUT2D eigenvalue weighted by molar-refractivity contribution is 0.0530. The first-order valence-electron chi connectivity index (χ1n) is 6.53. The minimum Gasteiger partial charge on any atom is -0.385 e. The molecule has 20 heavy (non-hydrogen) atoms. The molecule has 3 heteroatoms. The molecule has 0 spiro atoms. The highest BCUT2D eigenvalue weighted by Gasteiger charge is 2.29. The molecule has 2 aromatic carbocycles. The minimum absolute atomic E-state index is 0.158. The van der Waals surface area contributed by atoms with Gasteiger partial charge >= 0.3 is 0 Å². The lowest BCUT2D eigenvalue weighted by Gasteiger charge is -2.26. The molecule has 2 rings (SSSR count). The van der Waals surface area contributed by atoms with Crippen molar-refractivity contribution < 1.29 is 13.9 Å². The zero-order chi connectivity index (χ0) is 14.9. The number of hydrogen-bond donors (Lipinski definition) is 1. The Kier molecular flexibility index (Phi) is 3.91. The summed E-state index contributed by atoms with van der Waals surface area (Å²) >= 11 is 0. The summed E-state index contributed by atoms with van der Waals surface area (Å²) < 4.78 is 27.4. The molecule has 0 saturated heterocycles. The van der Waals surface area contributed by atoms with Crippen molar-refractivity contribution in [2.24, 2.45) is 0 Å². The van der Waals surface area contributed by atoms with Gasteiger partial charge in [0.25, 0.3) is 0 Å². The highest BCUT2D eigenvalue weighted by molar-refractivity contribution is 5.37. The fourth-order valence-electron chi connectivity index (χ4n) is 2.73. The molecule has 0 radical (unpaired) electrons. The average molecular weight is 276 g/mol. The third-order valence-corrected chi connectivity index (χ3v) is 3.41. The van der Waals surface area contributed by atoms with Gasteiger partial charge in [-0.3, -0.25) is 0 Å². The molecule has 0 aliphatic rings. The molecular weight excluding hydrogens is 258 g/mol. The molecule has 1 unspecified atom stereocenters. The number of benzene rings is 2. The molecule has 0 saturated carbocycles. The molecule has 0 heterocycles. The van der Waals surface area contributed by atoms with E-state index in [2.05, 4.69) is 0 Å². The van der Waals surface area contributed by atoms with Crippen molar-refractivity contribution in [3.05, 3.63) is 70.3 Å². The predicted octanol–water partition coefficient (Wildman–Crippen LogP) is 4.03. The summed E-state index contributed by atoms with van der Waals surface area (Å²) in [5, 5.41) is 10.6. The van der Waals surface area contributed by atoms with Gasteiger partial charge < -0.3 is 5.11 Å². The monoisotopic (exact) mass is 276 g/mol. The SMILES string of the molecule is Cc1cc(C)c(C(C)(O)Cc2cccc(F)c2)c(F)c1. The van der Waals surface area contributed by atoms with Gasteiger partial charge in [0.05, 0.1) is 5.60 Å². The molecule has 1 nitrogen and oxygen atoms in total. The molecule has 1 N–H and O–H groups in total. The van der Waals surface area contributed by atoms with Gasteiger partial charge in [-0.15, -0.1) is 0 Å². The number of halogens is 2. The van der Waals surface area contributed by atoms with E-state index < -0.39 is 11.4 Å². The standard InChI is InChI=1S/C17H18F2O/c1-11-7-12(2)16(15(19)8-11)17(3,20)10-13-5-4-6-14(18)9-13/h4-9,20H,10H2,1-3H3. The second-order valence-corrected chi connectivity index (χ2v) is 5.52. The third-order valence-electron chi connectivity index (χ3n) is 3.41. The van der Waals surface area contributed by atoms with Gasteiger partial charge in [0.1, 0.15) is 11.6 Å². The van der Waals surface area contributed by atoms with E-state index in [1.54, 1.807) is 32.9 Å². The molecule has 2 aromatic rings. The van der Waals surface area contributed by atoms with E-state index in [0.717, 1.165) is 5.56 Å². The zero-order valence-corrected chi connectivity index (χ0v) is 11.9. The highest BCUT2D eigenvalue weighted by atomic mass is 19.1. The van der Waals surface area contributed by atoms with Gasteiger partial charge in [0.2, 0.25) is 0 Å². The van der Waals surface area contributed by atoms with Crippen LogP contribution in [0, 0.1) is 25.5 Å². The Morgan fingerprint density at radius 2 is 1.80 bits per heavy atom. The topological polar surface area (TPSA) is 20.2 Å². The predicted molar refractivity (Wildman–Crippen MR) is 75.5 cm³/mol. The largest absolute Gasteiger partial charge is 0.385 e. The highest BCUT2D eigenvalue weighted by Crippen LogP contribution is 2.31. The van der Waals surface area contributed by atoms with Crippen molar-refractivity contribution in [1.82, 2.24) is 0 Å². The van der Waals surface area contributed by atoms with E-state index in [1.165, 1.54) is 18.2 Å². The molecule has 0 aliphatic heterocycles. The number of rotatable bonds is 3. The lowest BCUT2D eigenvalue weighted by Crippen LogP contribution is -2.27. The van der Waals surface area contributed by atoms with E-state index >= 15 is 0 Å². The summed E-state index contributed by atoms with van der Waals surface area (Å²) in [6.45, 7) is 5.13. The Hall–Kier alpha value is -1.74. The van der Waals surface area contributed by atoms with Crippen LogP contribution in [-0.4, -0.2) is 5.11 Å². The van der Waals surface area contributed by atoms with Crippen molar-refractivity contribution >= 4 is 0 Å². The van der Waals surface area contributed by atoms with E-state index in [0.29, 0.717) is 11.1 Å². The van der Waals surface area contributed by atoms with Crippen LogP contribution in [0.3, 0.4) is 0 Å². The first kappa shape index (κ1) is 14.7. The summed E-state index contributed by atoms with van der Waals surface area (Å²) in [7, 11) is 0. The van der Waals surface area contributed by atoms with Crippen molar-refractivity contribution in [2.75, 3.05) is 0 Å². The molecule has 0 aliphatic carbocycles. The van der Waals surface area contributed by atoms with Crippen LogP contribution >= 0.6 is 0 Å². The van der Waals surface area contributed by atoms with Crippen LogP contribution in [0.2, 0.25) is 0 Å². The Morgan fingerprint density at radius 1 is 1.10 bits per heavy atom. The average Bonchev–Trinajstić information content (AvgIpc) is 2.25.